The summed E-state index contributed by atoms with van der Waals surface area (Å²) < 4.78 is 0. The molecule has 0 aromatic carbocycles. The highest BCUT2D eigenvalue weighted by molar-refractivity contribution is 5.70. The first-order valence-electron chi connectivity index (χ1n) is 6.13. The lowest BCUT2D eigenvalue weighted by atomic mass is 10.1. The van der Waals surface area contributed by atoms with Crippen LogP contribution in [0.1, 0.15) is 51.4 Å². The Balaban J connectivity index is 0. The summed E-state index contributed by atoms with van der Waals surface area (Å²) >= 11 is 0. The molecule has 116 valence electrons. The van der Waals surface area contributed by atoms with Crippen molar-refractivity contribution in [1.82, 2.24) is 0 Å². The molecule has 0 fully saturated rings. The van der Waals surface area contributed by atoms with Crippen LogP contribution in [-0.2, 0) is 19.2 Å². The molecule has 0 aliphatic carbocycles. The number of rotatable bonds is 10. The first-order chi connectivity index (χ1) is 9.25. The second-order valence-corrected chi connectivity index (χ2v) is 3.99. The number of hydrogen-bond donors (Lipinski definition) is 4. The Hall–Kier alpha value is -2.12. The lowest BCUT2D eigenvalue weighted by Gasteiger charge is -1.94. The van der Waals surface area contributed by atoms with Crippen molar-refractivity contribution < 1.29 is 39.6 Å². The second-order valence-electron chi connectivity index (χ2n) is 3.99. The Labute approximate surface area is 116 Å². The van der Waals surface area contributed by atoms with Crippen molar-refractivity contribution in [3.63, 3.8) is 0 Å². The maximum absolute atomic E-state index is 9.98. The Morgan fingerprint density at radius 1 is 0.450 bits per heavy atom. The third-order valence-corrected chi connectivity index (χ3v) is 2.06. The van der Waals surface area contributed by atoms with Gasteiger partial charge < -0.3 is 20.4 Å². The molecule has 20 heavy (non-hydrogen) atoms. The molecule has 0 aromatic heterocycles. The highest BCUT2D eigenvalue weighted by Crippen LogP contribution is 2.02. The maximum Gasteiger partial charge on any atom is 0.303 e. The Morgan fingerprint density at radius 2 is 0.700 bits per heavy atom. The average Bonchev–Trinajstić information content (AvgIpc) is 2.27. The van der Waals surface area contributed by atoms with Gasteiger partial charge in [-0.2, -0.15) is 0 Å². The molecule has 0 saturated heterocycles. The summed E-state index contributed by atoms with van der Waals surface area (Å²) in [6, 6.07) is 0. The fourth-order valence-electron chi connectivity index (χ4n) is 1.12. The molecule has 0 rings (SSSR count). The van der Waals surface area contributed by atoms with Gasteiger partial charge in [-0.15, -0.1) is 0 Å². The van der Waals surface area contributed by atoms with Crippen molar-refractivity contribution >= 4 is 23.9 Å². The van der Waals surface area contributed by atoms with Crippen LogP contribution in [0.4, 0.5) is 0 Å². The number of hydrogen-bond acceptors (Lipinski definition) is 4. The number of carboxylic acids is 4. The largest absolute Gasteiger partial charge is 0.481 e. The molecule has 0 unspecified atom stereocenters. The second kappa shape index (κ2) is 13.3. The van der Waals surface area contributed by atoms with Crippen molar-refractivity contribution in [2.75, 3.05) is 0 Å². The maximum atomic E-state index is 9.98. The molecule has 0 heterocycles. The fraction of sp³-hybridized carbons (Fsp3) is 0.667. The number of carboxylic acid groups (broad SMARTS) is 4. The summed E-state index contributed by atoms with van der Waals surface area (Å²) in [5, 5.41) is 32.5. The SMILES string of the molecule is O=C(O)CCCC(=O)O.O=C(O)CCCCCC(=O)O. The predicted octanol–water partition coefficient (Wildman–Crippen LogP) is 1.43. The van der Waals surface area contributed by atoms with E-state index < -0.39 is 23.9 Å². The lowest BCUT2D eigenvalue weighted by molar-refractivity contribution is -0.139. The zero-order chi connectivity index (χ0) is 16.0. The van der Waals surface area contributed by atoms with Crippen LogP contribution in [-0.4, -0.2) is 44.3 Å². The predicted molar refractivity (Wildman–Crippen MR) is 67.5 cm³/mol. The van der Waals surface area contributed by atoms with E-state index >= 15 is 0 Å². The van der Waals surface area contributed by atoms with Crippen LogP contribution >= 0.6 is 0 Å². The molecular formula is C12H20O8. The van der Waals surface area contributed by atoms with Gasteiger partial charge in [0.2, 0.25) is 0 Å². The van der Waals surface area contributed by atoms with E-state index in [1.54, 1.807) is 0 Å². The molecule has 0 aliphatic rings. The van der Waals surface area contributed by atoms with Gasteiger partial charge in [0.25, 0.3) is 0 Å². The average molecular weight is 292 g/mol. The third-order valence-electron chi connectivity index (χ3n) is 2.06. The normalized spacial score (nSPS) is 9.20. The molecule has 0 saturated carbocycles. The highest BCUT2D eigenvalue weighted by atomic mass is 16.4. The minimum Gasteiger partial charge on any atom is -0.481 e. The summed E-state index contributed by atoms with van der Waals surface area (Å²) in [7, 11) is 0. The van der Waals surface area contributed by atoms with Crippen molar-refractivity contribution in [3.8, 4) is 0 Å². The minimum atomic E-state index is -0.948. The monoisotopic (exact) mass is 292 g/mol. The van der Waals surface area contributed by atoms with E-state index in [0.29, 0.717) is 19.3 Å². The molecule has 0 radical (unpaired) electrons. The van der Waals surface area contributed by atoms with Crippen molar-refractivity contribution in [2.45, 2.75) is 51.4 Å². The summed E-state index contributed by atoms with van der Waals surface area (Å²) in [5.41, 5.74) is 0. The molecule has 0 atom stereocenters. The van der Waals surface area contributed by atoms with E-state index in [4.69, 9.17) is 20.4 Å². The van der Waals surface area contributed by atoms with Crippen LogP contribution < -0.4 is 0 Å². The van der Waals surface area contributed by atoms with Crippen LogP contribution in [0.15, 0.2) is 0 Å². The molecule has 8 heteroatoms. The van der Waals surface area contributed by atoms with E-state index in [9.17, 15) is 19.2 Å². The van der Waals surface area contributed by atoms with Crippen molar-refractivity contribution in [3.05, 3.63) is 0 Å². The van der Waals surface area contributed by atoms with Gasteiger partial charge in [-0.05, 0) is 19.3 Å². The summed E-state index contributed by atoms with van der Waals surface area (Å²) in [6.07, 6.45) is 2.19. The van der Waals surface area contributed by atoms with Gasteiger partial charge in [-0.1, -0.05) is 6.42 Å². The molecule has 4 N–H and O–H groups in total. The molecule has 0 aliphatic heterocycles. The zero-order valence-electron chi connectivity index (χ0n) is 11.1. The van der Waals surface area contributed by atoms with Gasteiger partial charge >= 0.3 is 23.9 Å². The molecule has 0 spiro atoms. The quantitative estimate of drug-likeness (QED) is 0.442. The molecule has 0 amide bonds. The third kappa shape index (κ3) is 24.9. The number of aliphatic carboxylic acids is 4. The highest BCUT2D eigenvalue weighted by Gasteiger charge is 2.00. The Morgan fingerprint density at radius 3 is 0.950 bits per heavy atom. The van der Waals surface area contributed by atoms with E-state index in [2.05, 4.69) is 0 Å². The number of unbranched alkanes of at least 4 members (excludes halogenated alkanes) is 2. The fourth-order valence-corrected chi connectivity index (χ4v) is 1.12. The molecule has 8 nitrogen and oxygen atoms in total. The first-order valence-corrected chi connectivity index (χ1v) is 6.13. The first kappa shape index (κ1) is 20.2. The van der Waals surface area contributed by atoms with Crippen molar-refractivity contribution in [2.24, 2.45) is 0 Å². The van der Waals surface area contributed by atoms with E-state index in [1.807, 2.05) is 0 Å². The van der Waals surface area contributed by atoms with Gasteiger partial charge in [-0.3, -0.25) is 19.2 Å². The van der Waals surface area contributed by atoms with Gasteiger partial charge in [-0.25, -0.2) is 0 Å². The van der Waals surface area contributed by atoms with Gasteiger partial charge in [0.15, 0.2) is 0 Å². The van der Waals surface area contributed by atoms with Crippen LogP contribution in [0.25, 0.3) is 0 Å². The topological polar surface area (TPSA) is 149 Å². The standard InChI is InChI=1S/C7H12O4.C5H8O4/c8-6(9)4-2-1-3-5-7(10)11;6-4(7)2-1-3-5(8)9/h1-5H2,(H,8,9)(H,10,11);1-3H2,(H,6,7)(H,8,9). The van der Waals surface area contributed by atoms with Gasteiger partial charge in [0, 0.05) is 25.7 Å². The van der Waals surface area contributed by atoms with Crippen LogP contribution in [0.5, 0.6) is 0 Å². The Bertz CT molecular complexity index is 293. The van der Waals surface area contributed by atoms with Gasteiger partial charge in [0.05, 0.1) is 0 Å². The van der Waals surface area contributed by atoms with E-state index in [-0.39, 0.29) is 32.1 Å². The van der Waals surface area contributed by atoms with E-state index in [1.165, 1.54) is 0 Å². The Kier molecular flexibility index (Phi) is 13.4. The van der Waals surface area contributed by atoms with Gasteiger partial charge in [0.1, 0.15) is 0 Å². The molecule has 0 bridgehead atoms. The zero-order valence-corrected chi connectivity index (χ0v) is 11.1. The van der Waals surface area contributed by atoms with Crippen LogP contribution in [0.2, 0.25) is 0 Å². The summed E-state index contributed by atoms with van der Waals surface area (Å²) in [5.74, 6) is -3.53. The molecule has 0 aromatic rings. The van der Waals surface area contributed by atoms with Crippen LogP contribution in [0.3, 0.4) is 0 Å². The number of carbonyl (C=O) groups is 4. The smallest absolute Gasteiger partial charge is 0.303 e. The van der Waals surface area contributed by atoms with E-state index in [0.717, 1.165) is 0 Å². The molecular weight excluding hydrogens is 272 g/mol. The van der Waals surface area contributed by atoms with Crippen LogP contribution in [0, 0.1) is 0 Å². The lowest BCUT2D eigenvalue weighted by Crippen LogP contribution is -1.98. The summed E-state index contributed by atoms with van der Waals surface area (Å²) in [4.78, 5) is 39.5. The minimum absolute atomic E-state index is 0.0632. The summed E-state index contributed by atoms with van der Waals surface area (Å²) in [6.45, 7) is 0. The van der Waals surface area contributed by atoms with Crippen molar-refractivity contribution in [1.29, 1.82) is 0 Å².